The second-order valence-electron chi connectivity index (χ2n) is 5.90. The largest absolute Gasteiger partial charge is 0.333 e. The highest BCUT2D eigenvalue weighted by atomic mass is 16.6. The van der Waals surface area contributed by atoms with Crippen LogP contribution in [0.25, 0.3) is 0 Å². The minimum absolute atomic E-state index is 0.113. The Bertz CT molecular complexity index is 876. The van der Waals surface area contributed by atoms with Gasteiger partial charge in [0.2, 0.25) is 0 Å². The summed E-state index contributed by atoms with van der Waals surface area (Å²) >= 11 is 0. The molecule has 1 aliphatic heterocycles. The van der Waals surface area contributed by atoms with Gasteiger partial charge in [-0.15, -0.1) is 0 Å². The van der Waals surface area contributed by atoms with Gasteiger partial charge in [0, 0.05) is 23.5 Å². The molecule has 3 aromatic rings. The molecule has 0 saturated carbocycles. The molecular formula is C20H16N2O2. The van der Waals surface area contributed by atoms with E-state index in [1.165, 1.54) is 16.8 Å². The number of benzene rings is 3. The lowest BCUT2D eigenvalue weighted by Crippen LogP contribution is -2.19. The van der Waals surface area contributed by atoms with Gasteiger partial charge in [-0.05, 0) is 35.7 Å². The summed E-state index contributed by atoms with van der Waals surface area (Å²) < 4.78 is 0. The van der Waals surface area contributed by atoms with Crippen molar-refractivity contribution in [3.05, 3.63) is 100 Å². The molecule has 4 nitrogen and oxygen atoms in total. The normalized spacial score (nSPS) is 16.0. The Morgan fingerprint density at radius 1 is 0.875 bits per heavy atom. The van der Waals surface area contributed by atoms with Gasteiger partial charge in [0.1, 0.15) is 0 Å². The van der Waals surface area contributed by atoms with E-state index in [2.05, 4.69) is 35.2 Å². The van der Waals surface area contributed by atoms with E-state index in [0.29, 0.717) is 0 Å². The molecule has 0 saturated heterocycles. The Morgan fingerprint density at radius 3 is 2.25 bits per heavy atom. The molecule has 4 heteroatoms. The molecule has 0 fully saturated rings. The Labute approximate surface area is 140 Å². The van der Waals surface area contributed by atoms with Crippen molar-refractivity contribution in [2.45, 2.75) is 12.5 Å². The van der Waals surface area contributed by atoms with Gasteiger partial charge in [0.25, 0.3) is 5.69 Å². The summed E-state index contributed by atoms with van der Waals surface area (Å²) in [6.07, 6.45) is 0.928. The molecule has 0 amide bonds. The summed E-state index contributed by atoms with van der Waals surface area (Å²) in [7, 11) is 0. The molecule has 1 heterocycles. The summed E-state index contributed by atoms with van der Waals surface area (Å²) in [5.41, 5.74) is 4.79. The van der Waals surface area contributed by atoms with Crippen molar-refractivity contribution in [1.82, 2.24) is 0 Å². The van der Waals surface area contributed by atoms with Crippen molar-refractivity contribution < 1.29 is 4.92 Å². The van der Waals surface area contributed by atoms with E-state index in [9.17, 15) is 10.1 Å². The van der Waals surface area contributed by atoms with Crippen LogP contribution < -0.4 is 4.90 Å². The minimum atomic E-state index is -0.365. The van der Waals surface area contributed by atoms with Crippen molar-refractivity contribution >= 4 is 17.1 Å². The lowest BCUT2D eigenvalue weighted by atomic mass is 10.0. The number of non-ortho nitro benzene ring substituents is 1. The second-order valence-corrected chi connectivity index (χ2v) is 5.90. The van der Waals surface area contributed by atoms with E-state index in [-0.39, 0.29) is 16.7 Å². The summed E-state index contributed by atoms with van der Waals surface area (Å²) in [6, 6.07) is 25.7. The Morgan fingerprint density at radius 2 is 1.54 bits per heavy atom. The van der Waals surface area contributed by atoms with Gasteiger partial charge in [0.15, 0.2) is 0 Å². The molecule has 1 aliphatic rings. The maximum atomic E-state index is 10.9. The first-order valence-corrected chi connectivity index (χ1v) is 7.90. The standard InChI is InChI=1S/C20H16N2O2/c23-22(24)18-12-10-17(11-13-18)21-19-9-5-4-8-16(19)14-20(21)15-6-2-1-3-7-15/h1-13,20H,14H2. The monoisotopic (exact) mass is 316 g/mol. The zero-order valence-electron chi connectivity index (χ0n) is 13.0. The Kier molecular flexibility index (Phi) is 3.50. The number of anilines is 2. The number of nitro benzene ring substituents is 1. The highest BCUT2D eigenvalue weighted by molar-refractivity contribution is 5.72. The first kappa shape index (κ1) is 14.5. The third-order valence-electron chi connectivity index (χ3n) is 4.50. The smallest absolute Gasteiger partial charge is 0.269 e. The molecular weight excluding hydrogens is 300 g/mol. The average molecular weight is 316 g/mol. The topological polar surface area (TPSA) is 46.4 Å². The predicted molar refractivity (Wildman–Crippen MR) is 94.6 cm³/mol. The van der Waals surface area contributed by atoms with Gasteiger partial charge in [-0.25, -0.2) is 0 Å². The fourth-order valence-electron chi connectivity index (χ4n) is 3.38. The van der Waals surface area contributed by atoms with Crippen molar-refractivity contribution in [3.63, 3.8) is 0 Å². The zero-order valence-corrected chi connectivity index (χ0v) is 13.0. The van der Waals surface area contributed by atoms with Gasteiger partial charge in [-0.2, -0.15) is 0 Å². The van der Waals surface area contributed by atoms with Crippen LogP contribution >= 0.6 is 0 Å². The van der Waals surface area contributed by atoms with E-state index >= 15 is 0 Å². The van der Waals surface area contributed by atoms with Crippen LogP contribution in [0.15, 0.2) is 78.9 Å². The van der Waals surface area contributed by atoms with Crippen LogP contribution in [-0.4, -0.2) is 4.92 Å². The molecule has 0 aliphatic carbocycles. The number of fused-ring (bicyclic) bond motifs is 1. The molecule has 118 valence electrons. The minimum Gasteiger partial charge on any atom is -0.333 e. The maximum absolute atomic E-state index is 10.9. The number of nitro groups is 1. The van der Waals surface area contributed by atoms with Gasteiger partial charge < -0.3 is 4.90 Å². The zero-order chi connectivity index (χ0) is 16.5. The molecule has 24 heavy (non-hydrogen) atoms. The average Bonchev–Trinajstić information content (AvgIpc) is 3.02. The van der Waals surface area contributed by atoms with Crippen LogP contribution in [0.1, 0.15) is 17.2 Å². The molecule has 0 aromatic heterocycles. The maximum Gasteiger partial charge on any atom is 0.269 e. The fourth-order valence-corrected chi connectivity index (χ4v) is 3.38. The van der Waals surface area contributed by atoms with Gasteiger partial charge in [-0.3, -0.25) is 10.1 Å². The van der Waals surface area contributed by atoms with Crippen LogP contribution in [0.3, 0.4) is 0 Å². The third-order valence-corrected chi connectivity index (χ3v) is 4.50. The quantitative estimate of drug-likeness (QED) is 0.503. The van der Waals surface area contributed by atoms with Crippen LogP contribution in [0, 0.1) is 10.1 Å². The van der Waals surface area contributed by atoms with Gasteiger partial charge >= 0.3 is 0 Å². The molecule has 0 N–H and O–H groups in total. The summed E-state index contributed by atoms with van der Waals surface area (Å²) in [5, 5.41) is 10.9. The first-order valence-electron chi connectivity index (χ1n) is 7.90. The molecule has 1 atom stereocenters. The summed E-state index contributed by atoms with van der Waals surface area (Å²) in [5.74, 6) is 0. The highest BCUT2D eigenvalue weighted by Gasteiger charge is 2.31. The van der Waals surface area contributed by atoms with Crippen LogP contribution in [-0.2, 0) is 6.42 Å². The molecule has 3 aromatic carbocycles. The van der Waals surface area contributed by atoms with Crippen molar-refractivity contribution in [3.8, 4) is 0 Å². The molecule has 4 rings (SSSR count). The number of nitrogens with zero attached hydrogens (tertiary/aromatic N) is 2. The van der Waals surface area contributed by atoms with Crippen molar-refractivity contribution in [2.24, 2.45) is 0 Å². The van der Waals surface area contributed by atoms with E-state index in [1.807, 2.05) is 36.4 Å². The number of hydrogen-bond donors (Lipinski definition) is 0. The fraction of sp³-hybridized carbons (Fsp3) is 0.100. The lowest BCUT2D eigenvalue weighted by Gasteiger charge is -2.28. The van der Waals surface area contributed by atoms with Gasteiger partial charge in [0.05, 0.1) is 11.0 Å². The lowest BCUT2D eigenvalue weighted by molar-refractivity contribution is -0.384. The van der Waals surface area contributed by atoms with Crippen LogP contribution in [0.5, 0.6) is 0 Å². The van der Waals surface area contributed by atoms with Crippen molar-refractivity contribution in [2.75, 3.05) is 4.90 Å². The number of rotatable bonds is 3. The highest BCUT2D eigenvalue weighted by Crippen LogP contribution is 2.45. The predicted octanol–water partition coefficient (Wildman–Crippen LogP) is 5.03. The third kappa shape index (κ3) is 2.42. The molecule has 0 bridgehead atoms. The SMILES string of the molecule is O=[N+]([O-])c1ccc(N2c3ccccc3CC2c2ccccc2)cc1. The number of hydrogen-bond acceptors (Lipinski definition) is 3. The summed E-state index contributed by atoms with van der Waals surface area (Å²) in [4.78, 5) is 12.8. The van der Waals surface area contributed by atoms with E-state index in [4.69, 9.17) is 0 Å². The first-order chi connectivity index (χ1) is 11.7. The van der Waals surface area contributed by atoms with Crippen molar-refractivity contribution in [1.29, 1.82) is 0 Å². The second kappa shape index (κ2) is 5.81. The van der Waals surface area contributed by atoms with E-state index in [1.54, 1.807) is 12.1 Å². The van der Waals surface area contributed by atoms with E-state index < -0.39 is 0 Å². The molecule has 0 radical (unpaired) electrons. The Hall–Kier alpha value is -3.14. The molecule has 0 spiro atoms. The van der Waals surface area contributed by atoms with E-state index in [0.717, 1.165) is 12.1 Å². The number of para-hydroxylation sites is 1. The van der Waals surface area contributed by atoms with Gasteiger partial charge in [-0.1, -0.05) is 48.5 Å². The Balaban J connectivity index is 1.80. The van der Waals surface area contributed by atoms with Crippen LogP contribution in [0.2, 0.25) is 0 Å². The van der Waals surface area contributed by atoms with Crippen LogP contribution in [0.4, 0.5) is 17.1 Å². The molecule has 1 unspecified atom stereocenters. The summed E-state index contributed by atoms with van der Waals surface area (Å²) in [6.45, 7) is 0.